The van der Waals surface area contributed by atoms with Crippen LogP contribution >= 0.6 is 0 Å². The Hall–Kier alpha value is -3.42. The highest BCUT2D eigenvalue weighted by molar-refractivity contribution is 5.97. The van der Waals surface area contributed by atoms with Crippen LogP contribution < -0.4 is 0 Å². The molecule has 0 aliphatic heterocycles. The van der Waals surface area contributed by atoms with E-state index in [-0.39, 0.29) is 11.1 Å². The Kier molecular flexibility index (Phi) is 8.20. The van der Waals surface area contributed by atoms with Crippen LogP contribution in [0.25, 0.3) is 10.8 Å². The van der Waals surface area contributed by atoms with Crippen LogP contribution in [0, 0.1) is 0 Å². The van der Waals surface area contributed by atoms with Crippen molar-refractivity contribution >= 4 is 34.6 Å². The summed E-state index contributed by atoms with van der Waals surface area (Å²) >= 11 is 0. The van der Waals surface area contributed by atoms with Crippen molar-refractivity contribution < 1.29 is 39.6 Å². The zero-order valence-electron chi connectivity index (χ0n) is 12.9. The van der Waals surface area contributed by atoms with Crippen LogP contribution in [0.3, 0.4) is 0 Å². The lowest BCUT2D eigenvalue weighted by atomic mass is 10.0. The number of benzene rings is 2. The first-order valence-electron chi connectivity index (χ1n) is 6.44. The third kappa shape index (κ3) is 8.13. The van der Waals surface area contributed by atoms with Crippen molar-refractivity contribution in [3.63, 3.8) is 0 Å². The average molecular weight is 336 g/mol. The lowest BCUT2D eigenvalue weighted by Crippen LogP contribution is -1.97. The molecule has 128 valence electrons. The normalized spacial score (nSPS) is 8.92. The highest BCUT2D eigenvalue weighted by atomic mass is 16.4. The lowest BCUT2D eigenvalue weighted by molar-refractivity contribution is -0.135. The predicted molar refractivity (Wildman–Crippen MR) is 84.5 cm³/mol. The van der Waals surface area contributed by atoms with Crippen LogP contribution in [0.4, 0.5) is 0 Å². The molecule has 0 heterocycles. The van der Waals surface area contributed by atoms with E-state index in [2.05, 4.69) is 0 Å². The molecule has 0 bridgehead atoms. The van der Waals surface area contributed by atoms with Crippen molar-refractivity contribution in [3.05, 3.63) is 47.5 Å². The zero-order chi connectivity index (χ0) is 18.9. The van der Waals surface area contributed by atoms with Gasteiger partial charge in [0, 0.05) is 13.8 Å². The van der Waals surface area contributed by atoms with Gasteiger partial charge in [-0.2, -0.15) is 0 Å². The highest BCUT2D eigenvalue weighted by Crippen LogP contribution is 2.18. The fraction of sp³-hybridized carbons (Fsp3) is 0.125. The van der Waals surface area contributed by atoms with E-state index < -0.39 is 23.9 Å². The monoisotopic (exact) mass is 336 g/mol. The van der Waals surface area contributed by atoms with Gasteiger partial charge in [-0.25, -0.2) is 9.59 Å². The molecule has 0 unspecified atom stereocenters. The van der Waals surface area contributed by atoms with Crippen molar-refractivity contribution in [2.24, 2.45) is 0 Å². The molecule has 0 aromatic heterocycles. The molecule has 0 aliphatic rings. The topological polar surface area (TPSA) is 149 Å². The number of carboxylic acids is 4. The number of carbonyl (C=O) groups is 4. The number of carboxylic acid groups (broad SMARTS) is 4. The minimum absolute atomic E-state index is 0.190. The Bertz CT molecular complexity index is 691. The molecule has 0 atom stereocenters. The molecule has 2 aromatic rings. The number of fused-ring (bicyclic) bond motifs is 1. The molecule has 0 spiro atoms. The Morgan fingerprint density at radius 1 is 0.625 bits per heavy atom. The van der Waals surface area contributed by atoms with E-state index in [1.54, 1.807) is 12.1 Å². The number of hydrogen-bond donors (Lipinski definition) is 4. The van der Waals surface area contributed by atoms with Gasteiger partial charge in [-0.1, -0.05) is 12.1 Å². The largest absolute Gasteiger partial charge is 0.481 e. The first-order chi connectivity index (χ1) is 11.0. The second kappa shape index (κ2) is 9.57. The molecular formula is C16H16O8. The summed E-state index contributed by atoms with van der Waals surface area (Å²) in [4.78, 5) is 39.5. The standard InChI is InChI=1S/C12H8O4.2C2H4O2/c13-11(14)9-3-1-7-5-10(12(15)16)4-2-8(7)6-9;2*1-2(3)4/h1-6H,(H,13,14)(H,15,16);2*1H3,(H,3,4). The lowest BCUT2D eigenvalue weighted by Gasteiger charge is -2.01. The number of aromatic carboxylic acids is 2. The maximum absolute atomic E-state index is 10.7. The summed E-state index contributed by atoms with van der Waals surface area (Å²) in [6.07, 6.45) is 0. The fourth-order valence-electron chi connectivity index (χ4n) is 1.51. The minimum atomic E-state index is -0.996. The molecule has 0 fully saturated rings. The van der Waals surface area contributed by atoms with Crippen molar-refractivity contribution in [2.45, 2.75) is 13.8 Å². The Morgan fingerprint density at radius 3 is 1.08 bits per heavy atom. The minimum Gasteiger partial charge on any atom is -0.481 e. The number of rotatable bonds is 2. The van der Waals surface area contributed by atoms with Gasteiger partial charge in [0.15, 0.2) is 0 Å². The number of aliphatic carboxylic acids is 2. The first kappa shape index (κ1) is 20.6. The summed E-state index contributed by atoms with van der Waals surface area (Å²) in [5.41, 5.74) is 0.381. The molecular weight excluding hydrogens is 320 g/mol. The summed E-state index contributed by atoms with van der Waals surface area (Å²) in [5, 5.41) is 33.8. The van der Waals surface area contributed by atoms with E-state index >= 15 is 0 Å². The van der Waals surface area contributed by atoms with Gasteiger partial charge in [0.1, 0.15) is 0 Å². The molecule has 0 saturated heterocycles. The molecule has 0 saturated carbocycles. The van der Waals surface area contributed by atoms with Gasteiger partial charge in [0.2, 0.25) is 0 Å². The van der Waals surface area contributed by atoms with Gasteiger partial charge in [-0.15, -0.1) is 0 Å². The van der Waals surface area contributed by atoms with Gasteiger partial charge < -0.3 is 20.4 Å². The fourth-order valence-corrected chi connectivity index (χ4v) is 1.51. The SMILES string of the molecule is CC(=O)O.CC(=O)O.O=C(O)c1ccc2cc(C(=O)O)ccc2c1. The molecule has 4 N–H and O–H groups in total. The maximum Gasteiger partial charge on any atom is 0.335 e. The first-order valence-corrected chi connectivity index (χ1v) is 6.44. The zero-order valence-corrected chi connectivity index (χ0v) is 12.9. The van der Waals surface area contributed by atoms with Crippen LogP contribution in [-0.2, 0) is 9.59 Å². The summed E-state index contributed by atoms with van der Waals surface area (Å²) < 4.78 is 0. The molecule has 2 aromatic carbocycles. The average Bonchev–Trinajstić information content (AvgIpc) is 2.44. The number of hydrogen-bond acceptors (Lipinski definition) is 4. The predicted octanol–water partition coefficient (Wildman–Crippen LogP) is 2.42. The third-order valence-corrected chi connectivity index (χ3v) is 2.33. The summed E-state index contributed by atoms with van der Waals surface area (Å²) in [7, 11) is 0. The molecule has 0 aliphatic carbocycles. The van der Waals surface area contributed by atoms with E-state index in [1.807, 2.05) is 0 Å². The Balaban J connectivity index is 0.000000558. The second-order valence-electron chi connectivity index (χ2n) is 4.43. The summed E-state index contributed by atoms with van der Waals surface area (Å²) in [6.45, 7) is 2.17. The van der Waals surface area contributed by atoms with Gasteiger partial charge >= 0.3 is 11.9 Å². The quantitative estimate of drug-likeness (QED) is 0.653. The molecule has 0 amide bonds. The van der Waals surface area contributed by atoms with Crippen molar-refractivity contribution in [3.8, 4) is 0 Å². The van der Waals surface area contributed by atoms with Crippen LogP contribution in [-0.4, -0.2) is 44.3 Å². The van der Waals surface area contributed by atoms with Crippen molar-refractivity contribution in [1.82, 2.24) is 0 Å². The van der Waals surface area contributed by atoms with Gasteiger partial charge in [-0.3, -0.25) is 9.59 Å². The summed E-state index contributed by atoms with van der Waals surface area (Å²) in [5.74, 6) is -3.66. The van der Waals surface area contributed by atoms with E-state index in [4.69, 9.17) is 30.0 Å². The molecule has 8 heteroatoms. The van der Waals surface area contributed by atoms with Crippen molar-refractivity contribution in [2.75, 3.05) is 0 Å². The van der Waals surface area contributed by atoms with Crippen LogP contribution in [0.5, 0.6) is 0 Å². The van der Waals surface area contributed by atoms with Crippen molar-refractivity contribution in [1.29, 1.82) is 0 Å². The van der Waals surface area contributed by atoms with Gasteiger partial charge in [0.05, 0.1) is 11.1 Å². The van der Waals surface area contributed by atoms with Gasteiger partial charge in [0.25, 0.3) is 11.9 Å². The molecule has 8 nitrogen and oxygen atoms in total. The van der Waals surface area contributed by atoms with Crippen LogP contribution in [0.2, 0.25) is 0 Å². The van der Waals surface area contributed by atoms with E-state index in [9.17, 15) is 9.59 Å². The molecule has 0 radical (unpaired) electrons. The molecule has 2 rings (SSSR count). The Morgan fingerprint density at radius 2 is 0.875 bits per heavy atom. The molecule has 24 heavy (non-hydrogen) atoms. The van der Waals surface area contributed by atoms with E-state index in [1.165, 1.54) is 24.3 Å². The van der Waals surface area contributed by atoms with Crippen LogP contribution in [0.15, 0.2) is 36.4 Å². The van der Waals surface area contributed by atoms with Gasteiger partial charge in [-0.05, 0) is 35.0 Å². The van der Waals surface area contributed by atoms with Crippen LogP contribution in [0.1, 0.15) is 34.6 Å². The third-order valence-electron chi connectivity index (χ3n) is 2.33. The smallest absolute Gasteiger partial charge is 0.335 e. The van der Waals surface area contributed by atoms with E-state index in [0.717, 1.165) is 13.8 Å². The van der Waals surface area contributed by atoms with E-state index in [0.29, 0.717) is 10.8 Å². The summed E-state index contributed by atoms with van der Waals surface area (Å²) in [6, 6.07) is 9.15. The Labute approximate surface area is 136 Å². The second-order valence-corrected chi connectivity index (χ2v) is 4.43. The maximum atomic E-state index is 10.7. The highest BCUT2D eigenvalue weighted by Gasteiger charge is 2.06.